The fraction of sp³-hybridized carbons (Fsp3) is 0.471. The summed E-state index contributed by atoms with van der Waals surface area (Å²) >= 11 is 5.79. The Morgan fingerprint density at radius 3 is 2.81 bits per heavy atom. The molecule has 0 aliphatic heterocycles. The van der Waals surface area contributed by atoms with Gasteiger partial charge in [0, 0.05) is 24.0 Å². The molecule has 0 fully saturated rings. The zero-order valence-corrected chi connectivity index (χ0v) is 13.7. The topological polar surface area (TPSA) is 34.1 Å². The Morgan fingerprint density at radius 2 is 2.10 bits per heavy atom. The number of anilines is 1. The molecule has 1 N–H and O–H groups in total. The fourth-order valence-corrected chi connectivity index (χ4v) is 2.51. The number of hydrogen-bond donors (Lipinski definition) is 1. The molecule has 0 aliphatic rings. The third-order valence-electron chi connectivity index (χ3n) is 3.69. The number of benzene rings is 1. The standard InChI is InChI=1S/C17H23ClN2O/c1-17(2,8-4-9-18)12-20-16-15-6-5-14(21-3)11-13(15)7-10-19-16/h5-7,10-11H,4,8-9,12H2,1-3H3,(H,19,20). The number of nitrogens with one attached hydrogen (secondary N) is 1. The van der Waals surface area contributed by atoms with Crippen molar-refractivity contribution < 1.29 is 4.74 Å². The summed E-state index contributed by atoms with van der Waals surface area (Å²) in [4.78, 5) is 4.47. The number of fused-ring (bicyclic) bond motifs is 1. The first-order chi connectivity index (χ1) is 10.1. The monoisotopic (exact) mass is 306 g/mol. The highest BCUT2D eigenvalue weighted by Gasteiger charge is 2.17. The molecule has 0 bridgehead atoms. The van der Waals surface area contributed by atoms with Crippen molar-refractivity contribution in [3.63, 3.8) is 0 Å². The van der Waals surface area contributed by atoms with Crippen LogP contribution in [0.3, 0.4) is 0 Å². The van der Waals surface area contributed by atoms with Gasteiger partial charge in [0.2, 0.25) is 0 Å². The average Bonchev–Trinajstić information content (AvgIpc) is 2.50. The second kappa shape index (κ2) is 6.99. The molecular weight excluding hydrogens is 284 g/mol. The molecule has 0 radical (unpaired) electrons. The molecule has 1 aromatic heterocycles. The number of ether oxygens (including phenoxy) is 1. The van der Waals surface area contributed by atoms with Crippen LogP contribution in [0.5, 0.6) is 5.75 Å². The third-order valence-corrected chi connectivity index (χ3v) is 3.96. The first-order valence-electron chi connectivity index (χ1n) is 7.28. The zero-order valence-electron chi connectivity index (χ0n) is 12.9. The second-order valence-corrected chi connectivity index (χ2v) is 6.43. The van der Waals surface area contributed by atoms with Crippen molar-refractivity contribution in [3.8, 4) is 5.75 Å². The number of hydrogen-bond acceptors (Lipinski definition) is 3. The van der Waals surface area contributed by atoms with Gasteiger partial charge in [-0.2, -0.15) is 0 Å². The summed E-state index contributed by atoms with van der Waals surface area (Å²) in [7, 11) is 1.68. The normalized spacial score (nSPS) is 11.6. The largest absolute Gasteiger partial charge is 0.497 e. The molecule has 0 amide bonds. The van der Waals surface area contributed by atoms with Gasteiger partial charge in [0.1, 0.15) is 11.6 Å². The molecular formula is C17H23ClN2O. The highest BCUT2D eigenvalue weighted by atomic mass is 35.5. The van der Waals surface area contributed by atoms with Gasteiger partial charge >= 0.3 is 0 Å². The Kier molecular flexibility index (Phi) is 5.29. The van der Waals surface area contributed by atoms with E-state index in [2.05, 4.69) is 30.2 Å². The number of rotatable bonds is 7. The highest BCUT2D eigenvalue weighted by molar-refractivity contribution is 6.17. The molecule has 4 heteroatoms. The maximum absolute atomic E-state index is 5.79. The summed E-state index contributed by atoms with van der Waals surface area (Å²) in [6.07, 6.45) is 3.97. The molecule has 1 heterocycles. The number of methoxy groups -OCH3 is 1. The van der Waals surface area contributed by atoms with Gasteiger partial charge in [0.25, 0.3) is 0 Å². The predicted octanol–water partition coefficient (Wildman–Crippen LogP) is 4.70. The summed E-state index contributed by atoms with van der Waals surface area (Å²) in [6.45, 7) is 5.38. The van der Waals surface area contributed by atoms with E-state index in [-0.39, 0.29) is 5.41 Å². The maximum atomic E-state index is 5.79. The maximum Gasteiger partial charge on any atom is 0.133 e. The molecule has 2 aromatic rings. The van der Waals surface area contributed by atoms with Crippen molar-refractivity contribution in [2.45, 2.75) is 26.7 Å². The van der Waals surface area contributed by atoms with Crippen LogP contribution in [0.25, 0.3) is 10.8 Å². The molecule has 0 aliphatic carbocycles. The van der Waals surface area contributed by atoms with Crippen LogP contribution >= 0.6 is 11.6 Å². The van der Waals surface area contributed by atoms with Crippen LogP contribution in [0, 0.1) is 5.41 Å². The van der Waals surface area contributed by atoms with Gasteiger partial charge in [-0.25, -0.2) is 4.98 Å². The summed E-state index contributed by atoms with van der Waals surface area (Å²) in [6, 6.07) is 8.05. The van der Waals surface area contributed by atoms with Crippen LogP contribution in [0.2, 0.25) is 0 Å². The fourth-order valence-electron chi connectivity index (χ4n) is 2.38. The van der Waals surface area contributed by atoms with Crippen molar-refractivity contribution in [3.05, 3.63) is 30.5 Å². The number of pyridine rings is 1. The molecule has 1 aromatic carbocycles. The number of aromatic nitrogens is 1. The lowest BCUT2D eigenvalue weighted by Gasteiger charge is -2.25. The van der Waals surface area contributed by atoms with E-state index in [1.807, 2.05) is 24.4 Å². The Labute approximate surface area is 131 Å². The molecule has 21 heavy (non-hydrogen) atoms. The molecule has 2 rings (SSSR count). The van der Waals surface area contributed by atoms with Gasteiger partial charge in [-0.05, 0) is 47.9 Å². The lowest BCUT2D eigenvalue weighted by molar-refractivity contribution is 0.355. The predicted molar refractivity (Wildman–Crippen MR) is 90.5 cm³/mol. The van der Waals surface area contributed by atoms with Gasteiger partial charge in [-0.15, -0.1) is 11.6 Å². The highest BCUT2D eigenvalue weighted by Crippen LogP contribution is 2.28. The first kappa shape index (κ1) is 15.9. The van der Waals surface area contributed by atoms with Crippen LogP contribution in [0.4, 0.5) is 5.82 Å². The summed E-state index contributed by atoms with van der Waals surface area (Å²) in [5.41, 5.74) is 0.200. The van der Waals surface area contributed by atoms with Crippen molar-refractivity contribution in [1.29, 1.82) is 0 Å². The SMILES string of the molecule is COc1ccc2c(NCC(C)(C)CCCCl)nccc2c1. The van der Waals surface area contributed by atoms with E-state index in [0.29, 0.717) is 0 Å². The third kappa shape index (κ3) is 4.24. The van der Waals surface area contributed by atoms with E-state index < -0.39 is 0 Å². The molecule has 0 saturated carbocycles. The second-order valence-electron chi connectivity index (χ2n) is 6.06. The Hall–Kier alpha value is -1.48. The summed E-state index contributed by atoms with van der Waals surface area (Å²) in [5.74, 6) is 2.51. The number of alkyl halides is 1. The lowest BCUT2D eigenvalue weighted by Crippen LogP contribution is -2.23. The van der Waals surface area contributed by atoms with Crippen LogP contribution in [-0.2, 0) is 0 Å². The van der Waals surface area contributed by atoms with E-state index in [0.717, 1.165) is 47.6 Å². The first-order valence-corrected chi connectivity index (χ1v) is 7.82. The van der Waals surface area contributed by atoms with Crippen LogP contribution in [-0.4, -0.2) is 24.5 Å². The van der Waals surface area contributed by atoms with E-state index in [4.69, 9.17) is 16.3 Å². The van der Waals surface area contributed by atoms with Crippen LogP contribution in [0.1, 0.15) is 26.7 Å². The number of halogens is 1. The van der Waals surface area contributed by atoms with E-state index in [1.165, 1.54) is 0 Å². The van der Waals surface area contributed by atoms with Crippen LogP contribution in [0.15, 0.2) is 30.5 Å². The smallest absolute Gasteiger partial charge is 0.133 e. The zero-order chi connectivity index (χ0) is 15.3. The average molecular weight is 307 g/mol. The summed E-state index contributed by atoms with van der Waals surface area (Å²) in [5, 5.41) is 5.73. The van der Waals surface area contributed by atoms with Gasteiger partial charge in [-0.3, -0.25) is 0 Å². The molecule has 114 valence electrons. The van der Waals surface area contributed by atoms with Gasteiger partial charge in [0.15, 0.2) is 0 Å². The molecule has 0 saturated heterocycles. The minimum absolute atomic E-state index is 0.200. The van der Waals surface area contributed by atoms with Gasteiger partial charge in [0.05, 0.1) is 7.11 Å². The van der Waals surface area contributed by atoms with E-state index in [9.17, 15) is 0 Å². The molecule has 0 unspecified atom stereocenters. The quantitative estimate of drug-likeness (QED) is 0.753. The van der Waals surface area contributed by atoms with Crippen molar-refractivity contribution in [2.24, 2.45) is 5.41 Å². The Balaban J connectivity index is 2.15. The molecule has 0 spiro atoms. The minimum atomic E-state index is 0.200. The van der Waals surface area contributed by atoms with Gasteiger partial charge in [-0.1, -0.05) is 13.8 Å². The Bertz CT molecular complexity index is 598. The number of nitrogens with zero attached hydrogens (tertiary/aromatic N) is 1. The lowest BCUT2D eigenvalue weighted by atomic mass is 9.88. The van der Waals surface area contributed by atoms with Crippen molar-refractivity contribution in [2.75, 3.05) is 24.9 Å². The van der Waals surface area contributed by atoms with E-state index >= 15 is 0 Å². The Morgan fingerprint density at radius 1 is 1.29 bits per heavy atom. The minimum Gasteiger partial charge on any atom is -0.497 e. The molecule has 0 atom stereocenters. The van der Waals surface area contributed by atoms with Crippen molar-refractivity contribution >= 4 is 28.2 Å². The molecule has 3 nitrogen and oxygen atoms in total. The van der Waals surface area contributed by atoms with Crippen molar-refractivity contribution in [1.82, 2.24) is 4.98 Å². The van der Waals surface area contributed by atoms with Crippen LogP contribution < -0.4 is 10.1 Å². The van der Waals surface area contributed by atoms with E-state index in [1.54, 1.807) is 7.11 Å². The summed E-state index contributed by atoms with van der Waals surface area (Å²) < 4.78 is 5.27. The van der Waals surface area contributed by atoms with Gasteiger partial charge < -0.3 is 10.1 Å².